The third-order valence-electron chi connectivity index (χ3n) is 2.98. The van der Waals surface area contributed by atoms with Crippen LogP contribution < -0.4 is 0 Å². The van der Waals surface area contributed by atoms with Gasteiger partial charge in [0, 0.05) is 0 Å². The number of benzene rings is 2. The van der Waals surface area contributed by atoms with Gasteiger partial charge in [0.25, 0.3) is 0 Å². The van der Waals surface area contributed by atoms with E-state index < -0.39 is 0 Å². The van der Waals surface area contributed by atoms with E-state index in [0.29, 0.717) is 0 Å². The molecule has 0 radical (unpaired) electrons. The molecular weight excluding hydrogens is 240 g/mol. The molecule has 0 heterocycles. The molecule has 0 bridgehead atoms. The van der Waals surface area contributed by atoms with Crippen molar-refractivity contribution in [1.82, 2.24) is 0 Å². The molecule has 2 rings (SSSR count). The van der Waals surface area contributed by atoms with Gasteiger partial charge in [-0.25, -0.2) is 0 Å². The van der Waals surface area contributed by atoms with E-state index in [0.717, 1.165) is 6.42 Å². The number of hydrogen-bond acceptors (Lipinski definition) is 0. The number of hydrogen-bond donors (Lipinski definition) is 0. The van der Waals surface area contributed by atoms with Crippen molar-refractivity contribution < 1.29 is 0 Å². The summed E-state index contributed by atoms with van der Waals surface area (Å²) in [5.41, 5.74) is 3.94. The summed E-state index contributed by atoms with van der Waals surface area (Å²) >= 11 is 0. The summed E-state index contributed by atoms with van der Waals surface area (Å²) in [6, 6.07) is 18.9. The van der Waals surface area contributed by atoms with Gasteiger partial charge in [-0.05, 0) is 29.5 Å². The van der Waals surface area contributed by atoms with Crippen LogP contribution in [0.25, 0.3) is 6.08 Å². The molecule has 0 nitrogen and oxygen atoms in total. The minimum Gasteiger partial charge on any atom is -0.103 e. The van der Waals surface area contributed by atoms with Gasteiger partial charge in [0.2, 0.25) is 0 Å². The molecule has 0 aliphatic heterocycles. The van der Waals surface area contributed by atoms with Gasteiger partial charge < -0.3 is 0 Å². The molecule has 0 amide bonds. The number of allylic oxidation sites excluding steroid dienone is 1. The fraction of sp³-hybridized carbons (Fsp3) is 0.200. The Morgan fingerprint density at radius 1 is 0.850 bits per heavy atom. The van der Waals surface area contributed by atoms with Crippen LogP contribution in [0.4, 0.5) is 0 Å². The summed E-state index contributed by atoms with van der Waals surface area (Å²) in [4.78, 5) is 0. The molecule has 2 aromatic carbocycles. The summed E-state index contributed by atoms with van der Waals surface area (Å²) in [6.45, 7) is 9.56. The summed E-state index contributed by atoms with van der Waals surface area (Å²) in [6.07, 6.45) is 7.15. The highest BCUT2D eigenvalue weighted by molar-refractivity contribution is 5.47. The van der Waals surface area contributed by atoms with Crippen molar-refractivity contribution in [3.8, 4) is 0 Å². The monoisotopic (exact) mass is 264 g/mol. The van der Waals surface area contributed by atoms with Gasteiger partial charge >= 0.3 is 0 Å². The number of rotatable bonds is 5. The SMILES string of the molecule is C=CCc1ccccc1.C=Cc1ccc(CCC)cc1. The topological polar surface area (TPSA) is 0 Å². The quantitative estimate of drug-likeness (QED) is 0.608. The van der Waals surface area contributed by atoms with Crippen LogP contribution in [0.5, 0.6) is 0 Å². The first-order valence-corrected chi connectivity index (χ1v) is 7.16. The summed E-state index contributed by atoms with van der Waals surface area (Å²) in [5, 5.41) is 0. The molecule has 0 N–H and O–H groups in total. The van der Waals surface area contributed by atoms with Gasteiger partial charge in [0.05, 0.1) is 0 Å². The Morgan fingerprint density at radius 3 is 2.00 bits per heavy atom. The third-order valence-corrected chi connectivity index (χ3v) is 2.98. The van der Waals surface area contributed by atoms with E-state index in [-0.39, 0.29) is 0 Å². The third kappa shape index (κ3) is 6.19. The number of aryl methyl sites for hydroxylation is 1. The average molecular weight is 264 g/mol. The molecule has 0 fully saturated rings. The lowest BCUT2D eigenvalue weighted by molar-refractivity contribution is 0.922. The van der Waals surface area contributed by atoms with E-state index in [1.165, 1.54) is 29.5 Å². The smallest absolute Gasteiger partial charge is 0.0100 e. The first-order valence-electron chi connectivity index (χ1n) is 7.16. The van der Waals surface area contributed by atoms with E-state index in [4.69, 9.17) is 0 Å². The van der Waals surface area contributed by atoms with Crippen LogP contribution in [0, 0.1) is 0 Å². The minimum absolute atomic E-state index is 0.973. The van der Waals surface area contributed by atoms with E-state index in [1.54, 1.807) is 0 Å². The standard InChI is InChI=1S/C11H14.C9H10/c1-3-5-11-8-6-10(4-2)7-9-11;1-2-6-9-7-4-3-5-8-9/h4,6-9H,2-3,5H2,1H3;2-5,7-8H,1,6H2. The lowest BCUT2D eigenvalue weighted by Gasteiger charge is -1.97. The molecule has 2 aromatic rings. The van der Waals surface area contributed by atoms with Crippen molar-refractivity contribution in [2.75, 3.05) is 0 Å². The van der Waals surface area contributed by atoms with Crippen molar-refractivity contribution in [1.29, 1.82) is 0 Å². The Bertz CT molecular complexity index is 491. The molecule has 0 heteroatoms. The minimum atomic E-state index is 0.973. The summed E-state index contributed by atoms with van der Waals surface area (Å²) in [5.74, 6) is 0. The Balaban J connectivity index is 0.000000204. The first kappa shape index (κ1) is 16.0. The van der Waals surface area contributed by atoms with Crippen LogP contribution in [-0.4, -0.2) is 0 Å². The average Bonchev–Trinajstić information content (AvgIpc) is 2.50. The van der Waals surface area contributed by atoms with E-state index in [1.807, 2.05) is 30.4 Å². The van der Waals surface area contributed by atoms with Gasteiger partial charge in [-0.15, -0.1) is 6.58 Å². The van der Waals surface area contributed by atoms with Gasteiger partial charge in [0.15, 0.2) is 0 Å². The van der Waals surface area contributed by atoms with Gasteiger partial charge in [-0.3, -0.25) is 0 Å². The van der Waals surface area contributed by atoms with Crippen LogP contribution in [0.1, 0.15) is 30.0 Å². The van der Waals surface area contributed by atoms with Gasteiger partial charge in [-0.2, -0.15) is 0 Å². The molecule has 0 unspecified atom stereocenters. The zero-order valence-electron chi connectivity index (χ0n) is 12.4. The van der Waals surface area contributed by atoms with Gasteiger partial charge in [0.1, 0.15) is 0 Å². The van der Waals surface area contributed by atoms with E-state index >= 15 is 0 Å². The van der Waals surface area contributed by atoms with Crippen LogP contribution in [0.15, 0.2) is 73.8 Å². The molecule has 0 aromatic heterocycles. The van der Waals surface area contributed by atoms with Crippen LogP contribution in [0.2, 0.25) is 0 Å². The maximum atomic E-state index is 3.71. The maximum Gasteiger partial charge on any atom is -0.0100 e. The lowest BCUT2D eigenvalue weighted by atomic mass is 10.1. The van der Waals surface area contributed by atoms with E-state index in [2.05, 4.69) is 56.5 Å². The molecule has 0 aliphatic carbocycles. The summed E-state index contributed by atoms with van der Waals surface area (Å²) < 4.78 is 0. The first-order chi connectivity index (χ1) is 9.80. The normalized spacial score (nSPS) is 9.25. The highest BCUT2D eigenvalue weighted by atomic mass is 13.9. The molecule has 0 spiro atoms. The van der Waals surface area contributed by atoms with Crippen molar-refractivity contribution in [2.45, 2.75) is 26.2 Å². The van der Waals surface area contributed by atoms with Crippen molar-refractivity contribution in [3.63, 3.8) is 0 Å². The molecule has 0 aliphatic rings. The maximum absolute atomic E-state index is 3.71. The fourth-order valence-electron chi connectivity index (χ4n) is 1.89. The molecule has 20 heavy (non-hydrogen) atoms. The second-order valence-corrected chi connectivity index (χ2v) is 4.67. The lowest BCUT2D eigenvalue weighted by Crippen LogP contribution is -1.81. The Hall–Kier alpha value is -2.08. The molecule has 0 saturated heterocycles. The van der Waals surface area contributed by atoms with Crippen LogP contribution in [-0.2, 0) is 12.8 Å². The van der Waals surface area contributed by atoms with Gasteiger partial charge in [-0.1, -0.05) is 86.7 Å². The molecular formula is C20H24. The van der Waals surface area contributed by atoms with Crippen LogP contribution in [0.3, 0.4) is 0 Å². The van der Waals surface area contributed by atoms with Crippen molar-refractivity contribution >= 4 is 6.08 Å². The Labute approximate surface area is 123 Å². The fourth-order valence-corrected chi connectivity index (χ4v) is 1.89. The molecule has 0 saturated carbocycles. The highest BCUT2D eigenvalue weighted by Gasteiger charge is 1.89. The zero-order valence-corrected chi connectivity index (χ0v) is 12.4. The molecule has 104 valence electrons. The highest BCUT2D eigenvalue weighted by Crippen LogP contribution is 2.06. The second kappa shape index (κ2) is 9.80. The predicted octanol–water partition coefficient (Wildman–Crippen LogP) is 5.70. The van der Waals surface area contributed by atoms with Crippen LogP contribution >= 0.6 is 0 Å². The second-order valence-electron chi connectivity index (χ2n) is 4.67. The zero-order chi connectivity index (χ0) is 14.6. The van der Waals surface area contributed by atoms with E-state index in [9.17, 15) is 0 Å². The van der Waals surface area contributed by atoms with Crippen molar-refractivity contribution in [2.24, 2.45) is 0 Å². The largest absolute Gasteiger partial charge is 0.103 e. The summed E-state index contributed by atoms with van der Waals surface area (Å²) in [7, 11) is 0. The predicted molar refractivity (Wildman–Crippen MR) is 90.9 cm³/mol. The van der Waals surface area contributed by atoms with Crippen molar-refractivity contribution in [3.05, 3.63) is 90.5 Å². The Morgan fingerprint density at radius 2 is 1.50 bits per heavy atom. The Kier molecular flexibility index (Phi) is 7.83. The molecule has 0 atom stereocenters.